The van der Waals surface area contributed by atoms with Gasteiger partial charge in [0, 0.05) is 0 Å². The van der Waals surface area contributed by atoms with Gasteiger partial charge in [0.1, 0.15) is 5.75 Å². The summed E-state index contributed by atoms with van der Waals surface area (Å²) in [5.41, 5.74) is 2.08. The molecule has 1 atom stereocenters. The summed E-state index contributed by atoms with van der Waals surface area (Å²) in [7, 11) is 6.02. The molecule has 9 heteroatoms. The number of allylic oxidation sites excluding steroid dienone is 1. The molecule has 2 aromatic carbocycles. The Morgan fingerprint density at radius 1 is 1.00 bits per heavy atom. The standard InChI is InChI=1S/C25H24N2O6S/c1-14-21(24(29)33-5)22(16-7-9-17(30-2)10-8-16)27-23(28)20(34-25(27)26-14)13-15-6-11-18(31-3)19(12-15)32-4/h6-13,22H,1-5H3/b20-13-. The first-order valence-electron chi connectivity index (χ1n) is 10.4. The molecule has 0 fully saturated rings. The van der Waals surface area contributed by atoms with Gasteiger partial charge in [0.25, 0.3) is 5.56 Å². The van der Waals surface area contributed by atoms with Gasteiger partial charge in [0.05, 0.1) is 50.3 Å². The number of esters is 1. The van der Waals surface area contributed by atoms with E-state index in [4.69, 9.17) is 18.9 Å². The largest absolute Gasteiger partial charge is 0.497 e. The van der Waals surface area contributed by atoms with E-state index in [1.54, 1.807) is 58.6 Å². The van der Waals surface area contributed by atoms with Crippen LogP contribution >= 0.6 is 11.3 Å². The minimum Gasteiger partial charge on any atom is -0.497 e. The number of nitrogens with zero attached hydrogens (tertiary/aromatic N) is 2. The molecule has 176 valence electrons. The lowest BCUT2D eigenvalue weighted by atomic mass is 9.96. The van der Waals surface area contributed by atoms with E-state index < -0.39 is 12.0 Å². The molecule has 0 saturated heterocycles. The van der Waals surface area contributed by atoms with E-state index in [1.807, 2.05) is 18.2 Å². The molecule has 8 nitrogen and oxygen atoms in total. The van der Waals surface area contributed by atoms with E-state index in [1.165, 1.54) is 23.0 Å². The Kier molecular flexibility index (Phi) is 6.56. The summed E-state index contributed by atoms with van der Waals surface area (Å²) in [5, 5.41) is 0. The SMILES string of the molecule is COC(=O)C1=C(C)N=c2s/c(=C\c3ccc(OC)c(OC)c3)c(=O)n2C1c1ccc(OC)cc1. The third-order valence-corrected chi connectivity index (χ3v) is 6.55. The number of rotatable bonds is 6. The number of thiazole rings is 1. The maximum atomic E-state index is 13.6. The van der Waals surface area contributed by atoms with Gasteiger partial charge in [-0.15, -0.1) is 0 Å². The van der Waals surface area contributed by atoms with Crippen molar-refractivity contribution in [1.82, 2.24) is 4.57 Å². The van der Waals surface area contributed by atoms with Crippen LogP contribution in [0.15, 0.2) is 63.5 Å². The molecule has 0 aliphatic carbocycles. The summed E-state index contributed by atoms with van der Waals surface area (Å²) >= 11 is 1.26. The van der Waals surface area contributed by atoms with Crippen molar-refractivity contribution in [2.24, 2.45) is 4.99 Å². The molecule has 4 rings (SSSR count). The van der Waals surface area contributed by atoms with E-state index in [2.05, 4.69) is 4.99 Å². The Bertz CT molecular complexity index is 1450. The van der Waals surface area contributed by atoms with Crippen LogP contribution in [0.3, 0.4) is 0 Å². The van der Waals surface area contributed by atoms with Crippen molar-refractivity contribution in [3.05, 3.63) is 84.5 Å². The number of fused-ring (bicyclic) bond motifs is 1. The maximum absolute atomic E-state index is 13.6. The molecule has 0 amide bonds. The highest BCUT2D eigenvalue weighted by molar-refractivity contribution is 7.07. The van der Waals surface area contributed by atoms with Crippen LogP contribution in [-0.4, -0.2) is 39.0 Å². The Morgan fingerprint density at radius 2 is 1.71 bits per heavy atom. The fraction of sp³-hybridized carbons (Fsp3) is 0.240. The molecule has 0 spiro atoms. The minimum absolute atomic E-state index is 0.256. The highest BCUT2D eigenvalue weighted by Crippen LogP contribution is 2.31. The first-order chi connectivity index (χ1) is 16.4. The van der Waals surface area contributed by atoms with Gasteiger partial charge in [-0.1, -0.05) is 29.5 Å². The summed E-state index contributed by atoms with van der Waals surface area (Å²) < 4.78 is 23.0. The predicted octanol–water partition coefficient (Wildman–Crippen LogP) is 2.43. The zero-order valence-corrected chi connectivity index (χ0v) is 20.3. The van der Waals surface area contributed by atoms with Crippen molar-refractivity contribution in [2.45, 2.75) is 13.0 Å². The summed E-state index contributed by atoms with van der Waals surface area (Å²) in [6.45, 7) is 1.74. The second-order valence-electron chi connectivity index (χ2n) is 7.46. The number of carbonyl (C=O) groups excluding carboxylic acids is 1. The lowest BCUT2D eigenvalue weighted by molar-refractivity contribution is -0.136. The quantitative estimate of drug-likeness (QED) is 0.504. The average molecular weight is 481 g/mol. The van der Waals surface area contributed by atoms with Gasteiger partial charge in [0.2, 0.25) is 0 Å². The van der Waals surface area contributed by atoms with Crippen molar-refractivity contribution in [2.75, 3.05) is 28.4 Å². The number of ether oxygens (including phenoxy) is 4. The van der Waals surface area contributed by atoms with Crippen molar-refractivity contribution in [3.8, 4) is 17.2 Å². The fourth-order valence-corrected chi connectivity index (χ4v) is 4.93. The summed E-state index contributed by atoms with van der Waals surface area (Å²) in [5.74, 6) is 1.30. The number of hydrogen-bond donors (Lipinski definition) is 0. The number of carbonyl (C=O) groups is 1. The molecule has 0 saturated carbocycles. The van der Waals surface area contributed by atoms with Gasteiger partial charge < -0.3 is 18.9 Å². The van der Waals surface area contributed by atoms with Gasteiger partial charge in [-0.05, 0) is 48.4 Å². The molecule has 34 heavy (non-hydrogen) atoms. The molecule has 0 bridgehead atoms. The Morgan fingerprint density at radius 3 is 2.32 bits per heavy atom. The average Bonchev–Trinajstić information content (AvgIpc) is 3.16. The molecule has 1 aliphatic rings. The second-order valence-corrected chi connectivity index (χ2v) is 8.47. The molecule has 0 radical (unpaired) electrons. The topological polar surface area (TPSA) is 88.4 Å². The van der Waals surface area contributed by atoms with Crippen LogP contribution in [0.5, 0.6) is 17.2 Å². The molecule has 0 N–H and O–H groups in total. The zero-order valence-electron chi connectivity index (χ0n) is 19.4. The molecule has 2 heterocycles. The third kappa shape index (κ3) is 4.10. The van der Waals surface area contributed by atoms with Crippen LogP contribution in [0.1, 0.15) is 24.1 Å². The summed E-state index contributed by atoms with van der Waals surface area (Å²) in [4.78, 5) is 31.4. The van der Waals surface area contributed by atoms with Crippen molar-refractivity contribution in [1.29, 1.82) is 0 Å². The molecule has 3 aromatic rings. The third-order valence-electron chi connectivity index (χ3n) is 5.56. The minimum atomic E-state index is -0.679. The highest BCUT2D eigenvalue weighted by atomic mass is 32.1. The Labute approximate surface area is 200 Å². The number of hydrogen-bond acceptors (Lipinski definition) is 8. The maximum Gasteiger partial charge on any atom is 0.338 e. The second kappa shape index (κ2) is 9.56. The van der Waals surface area contributed by atoms with Crippen molar-refractivity contribution < 1.29 is 23.7 Å². The Hall–Kier alpha value is -3.85. The van der Waals surface area contributed by atoms with Crippen LogP contribution < -0.4 is 29.1 Å². The van der Waals surface area contributed by atoms with Crippen LogP contribution in [0.4, 0.5) is 0 Å². The number of methoxy groups -OCH3 is 4. The molecular formula is C25H24N2O6S. The zero-order chi connectivity index (χ0) is 24.4. The first-order valence-corrected chi connectivity index (χ1v) is 11.2. The van der Waals surface area contributed by atoms with Crippen molar-refractivity contribution in [3.63, 3.8) is 0 Å². The van der Waals surface area contributed by atoms with Crippen LogP contribution in [0, 0.1) is 0 Å². The van der Waals surface area contributed by atoms with E-state index in [0.717, 1.165) is 11.1 Å². The number of aromatic nitrogens is 1. The van der Waals surface area contributed by atoms with Crippen molar-refractivity contribution >= 4 is 23.4 Å². The number of benzene rings is 2. The van der Waals surface area contributed by atoms with E-state index >= 15 is 0 Å². The predicted molar refractivity (Wildman–Crippen MR) is 128 cm³/mol. The summed E-state index contributed by atoms with van der Waals surface area (Å²) in [6, 6.07) is 12.0. The van der Waals surface area contributed by atoms with Crippen LogP contribution in [0.2, 0.25) is 0 Å². The molecule has 1 unspecified atom stereocenters. The van der Waals surface area contributed by atoms with Gasteiger partial charge in [-0.25, -0.2) is 9.79 Å². The first kappa shape index (κ1) is 23.3. The lowest BCUT2D eigenvalue weighted by Crippen LogP contribution is -2.39. The van der Waals surface area contributed by atoms with E-state index in [0.29, 0.717) is 37.9 Å². The van der Waals surface area contributed by atoms with E-state index in [9.17, 15) is 9.59 Å². The van der Waals surface area contributed by atoms with E-state index in [-0.39, 0.29) is 5.56 Å². The highest BCUT2D eigenvalue weighted by Gasteiger charge is 2.33. The smallest absolute Gasteiger partial charge is 0.338 e. The van der Waals surface area contributed by atoms with Crippen LogP contribution in [-0.2, 0) is 9.53 Å². The van der Waals surface area contributed by atoms with Gasteiger partial charge in [-0.2, -0.15) is 0 Å². The molecule has 1 aromatic heterocycles. The normalized spacial score (nSPS) is 15.4. The molecular weight excluding hydrogens is 456 g/mol. The summed E-state index contributed by atoms with van der Waals surface area (Å²) in [6.07, 6.45) is 1.77. The van der Waals surface area contributed by atoms with Crippen LogP contribution in [0.25, 0.3) is 6.08 Å². The lowest BCUT2D eigenvalue weighted by Gasteiger charge is -2.24. The monoisotopic (exact) mass is 480 g/mol. The van der Waals surface area contributed by atoms with Gasteiger partial charge in [-0.3, -0.25) is 9.36 Å². The fourth-order valence-electron chi connectivity index (χ4n) is 3.89. The molecule has 1 aliphatic heterocycles. The Balaban J connectivity index is 1.92. The van der Waals surface area contributed by atoms with Gasteiger partial charge >= 0.3 is 5.97 Å². The van der Waals surface area contributed by atoms with Gasteiger partial charge in [0.15, 0.2) is 16.3 Å².